The maximum atomic E-state index is 12.3. The Morgan fingerprint density at radius 3 is 2.39 bits per heavy atom. The van der Waals surface area contributed by atoms with E-state index in [2.05, 4.69) is 20.3 Å². The van der Waals surface area contributed by atoms with Crippen molar-refractivity contribution in [2.75, 3.05) is 0 Å². The number of amides is 1. The lowest BCUT2D eigenvalue weighted by Crippen LogP contribution is -2.39. The Labute approximate surface area is 187 Å². The summed E-state index contributed by atoms with van der Waals surface area (Å²) in [5, 5.41) is 3.21. The summed E-state index contributed by atoms with van der Waals surface area (Å²) in [5.41, 5.74) is 0.0477. The molecule has 0 bridgehead atoms. The van der Waals surface area contributed by atoms with Crippen LogP contribution in [0.5, 0.6) is 0 Å². The molecule has 0 unspecified atom stereocenters. The van der Waals surface area contributed by atoms with E-state index < -0.39 is 17.3 Å². The molecule has 1 amide bonds. The molecule has 0 saturated heterocycles. The van der Waals surface area contributed by atoms with Crippen molar-refractivity contribution in [2.24, 2.45) is 0 Å². The third kappa shape index (κ3) is 8.69. The number of halogens is 1. The van der Waals surface area contributed by atoms with Crippen molar-refractivity contribution in [1.29, 1.82) is 0 Å². The summed E-state index contributed by atoms with van der Waals surface area (Å²) in [4.78, 5) is 36.7. The summed E-state index contributed by atoms with van der Waals surface area (Å²) < 4.78 is 12.6. The summed E-state index contributed by atoms with van der Waals surface area (Å²) in [5.74, 6) is -0.254. The Hall–Kier alpha value is -2.42. The second kappa shape index (κ2) is 10.3. The highest BCUT2D eigenvalue weighted by molar-refractivity contribution is 6.33. The van der Waals surface area contributed by atoms with Crippen molar-refractivity contribution in [1.82, 2.24) is 24.8 Å². The van der Waals surface area contributed by atoms with E-state index in [0.29, 0.717) is 42.1 Å². The van der Waals surface area contributed by atoms with Crippen molar-refractivity contribution >= 4 is 34.8 Å². The first kappa shape index (κ1) is 24.8. The van der Waals surface area contributed by atoms with Crippen molar-refractivity contribution in [3.05, 3.63) is 17.8 Å². The monoisotopic (exact) mass is 453 g/mol. The summed E-state index contributed by atoms with van der Waals surface area (Å²) in [7, 11) is 0. The van der Waals surface area contributed by atoms with E-state index in [1.165, 1.54) is 6.33 Å². The molecule has 0 saturated carbocycles. The van der Waals surface area contributed by atoms with E-state index in [0.717, 1.165) is 0 Å². The number of hydrogen-bond donors (Lipinski definition) is 1. The van der Waals surface area contributed by atoms with Gasteiger partial charge in [0.2, 0.25) is 0 Å². The largest absolute Gasteiger partial charge is 0.460 e. The van der Waals surface area contributed by atoms with Crippen LogP contribution in [0.1, 0.15) is 67.2 Å². The smallest absolute Gasteiger partial charge is 0.407 e. The van der Waals surface area contributed by atoms with Gasteiger partial charge in [0.25, 0.3) is 0 Å². The van der Waals surface area contributed by atoms with Crippen molar-refractivity contribution < 1.29 is 19.1 Å². The van der Waals surface area contributed by atoms with Gasteiger partial charge in [-0.3, -0.25) is 4.79 Å². The standard InChI is InChI=1S/C21H32ClN5O4/c1-20(2,3)30-15(28)9-7-8-14(26-19(29)31-21(4,5)6)10-11-27-13-25-16-17(22)23-12-24-18(16)27/h12-14H,7-11H2,1-6H3,(H,26,29)/t14-/m1/s1. The van der Waals surface area contributed by atoms with Gasteiger partial charge in [0.05, 0.1) is 6.33 Å². The second-order valence-electron chi connectivity index (χ2n) is 9.39. The number of rotatable bonds is 8. The van der Waals surface area contributed by atoms with Crippen LogP contribution in [0.3, 0.4) is 0 Å². The lowest BCUT2D eigenvalue weighted by Gasteiger charge is -2.24. The number of fused-ring (bicyclic) bond motifs is 1. The Morgan fingerprint density at radius 2 is 1.74 bits per heavy atom. The molecule has 0 aliphatic rings. The van der Waals surface area contributed by atoms with E-state index >= 15 is 0 Å². The maximum absolute atomic E-state index is 12.3. The Morgan fingerprint density at radius 1 is 1.06 bits per heavy atom. The minimum absolute atomic E-state index is 0.202. The third-order valence-corrected chi connectivity index (χ3v) is 4.43. The number of alkyl carbamates (subject to hydrolysis) is 1. The molecule has 9 nitrogen and oxygen atoms in total. The maximum Gasteiger partial charge on any atom is 0.407 e. The highest BCUT2D eigenvalue weighted by atomic mass is 35.5. The number of nitrogens with zero attached hydrogens (tertiary/aromatic N) is 4. The van der Waals surface area contributed by atoms with Gasteiger partial charge in [0.1, 0.15) is 23.0 Å². The SMILES string of the molecule is CC(C)(C)OC(=O)CCC[C@H](CCn1cnc2c(Cl)ncnc21)NC(=O)OC(C)(C)C. The lowest BCUT2D eigenvalue weighted by molar-refractivity contribution is -0.154. The molecule has 0 spiro atoms. The highest BCUT2D eigenvalue weighted by Crippen LogP contribution is 2.18. The molecule has 0 aliphatic heterocycles. The van der Waals surface area contributed by atoms with E-state index in [1.54, 1.807) is 6.33 Å². The zero-order valence-corrected chi connectivity index (χ0v) is 19.8. The van der Waals surface area contributed by atoms with Gasteiger partial charge < -0.3 is 19.4 Å². The number of carbonyl (C=O) groups excluding carboxylic acids is 2. The second-order valence-corrected chi connectivity index (χ2v) is 9.74. The van der Waals surface area contributed by atoms with Crippen LogP contribution < -0.4 is 5.32 Å². The number of nitrogens with one attached hydrogen (secondary N) is 1. The van der Waals surface area contributed by atoms with Crippen molar-refractivity contribution in [2.45, 2.75) is 91.0 Å². The predicted molar refractivity (Wildman–Crippen MR) is 118 cm³/mol. The van der Waals surface area contributed by atoms with Gasteiger partial charge >= 0.3 is 12.1 Å². The average molecular weight is 454 g/mol. The predicted octanol–water partition coefficient (Wildman–Crippen LogP) is 4.28. The summed E-state index contributed by atoms with van der Waals surface area (Å²) in [6.45, 7) is 11.5. The molecule has 1 atom stereocenters. The Bertz CT molecular complexity index is 901. The van der Waals surface area contributed by atoms with Gasteiger partial charge in [0, 0.05) is 19.0 Å². The van der Waals surface area contributed by atoms with Gasteiger partial charge in [-0.1, -0.05) is 11.6 Å². The Kier molecular flexibility index (Phi) is 8.22. The van der Waals surface area contributed by atoms with Crippen molar-refractivity contribution in [3.8, 4) is 0 Å². The number of hydrogen-bond acceptors (Lipinski definition) is 7. The molecule has 10 heteroatoms. The molecule has 2 rings (SSSR count). The van der Waals surface area contributed by atoms with Crippen LogP contribution in [-0.4, -0.2) is 48.8 Å². The van der Waals surface area contributed by atoms with E-state index in [1.807, 2.05) is 46.1 Å². The summed E-state index contributed by atoms with van der Waals surface area (Å²) >= 11 is 6.06. The average Bonchev–Trinajstić information content (AvgIpc) is 3.00. The third-order valence-electron chi connectivity index (χ3n) is 4.15. The molecule has 2 aromatic rings. The first-order chi connectivity index (χ1) is 14.3. The van der Waals surface area contributed by atoms with Gasteiger partial charge in [-0.25, -0.2) is 19.7 Å². The minimum Gasteiger partial charge on any atom is -0.460 e. The van der Waals surface area contributed by atoms with E-state index in [4.69, 9.17) is 21.1 Å². The number of imidazole rings is 1. The normalized spacial score (nSPS) is 13.1. The Balaban J connectivity index is 1.99. The molecule has 172 valence electrons. The van der Waals surface area contributed by atoms with E-state index in [9.17, 15) is 9.59 Å². The van der Waals surface area contributed by atoms with Gasteiger partial charge in [-0.15, -0.1) is 0 Å². The fourth-order valence-corrected chi connectivity index (χ4v) is 3.14. The van der Waals surface area contributed by atoms with Gasteiger partial charge in [-0.05, 0) is 60.8 Å². The summed E-state index contributed by atoms with van der Waals surface area (Å²) in [6.07, 6.45) is 4.60. The van der Waals surface area contributed by atoms with Crippen LogP contribution in [-0.2, 0) is 20.8 Å². The van der Waals surface area contributed by atoms with Gasteiger partial charge in [0.15, 0.2) is 10.8 Å². The molecule has 2 heterocycles. The number of carbonyl (C=O) groups is 2. The molecule has 0 fully saturated rings. The van der Waals surface area contributed by atoms with Crippen LogP contribution in [0, 0.1) is 0 Å². The molecule has 0 aromatic carbocycles. The molecule has 2 aromatic heterocycles. The molecule has 0 aliphatic carbocycles. The zero-order chi connectivity index (χ0) is 23.2. The lowest BCUT2D eigenvalue weighted by atomic mass is 10.1. The zero-order valence-electron chi connectivity index (χ0n) is 19.1. The molecule has 0 radical (unpaired) electrons. The topological polar surface area (TPSA) is 108 Å². The molecule has 1 N–H and O–H groups in total. The van der Waals surface area contributed by atoms with Crippen LogP contribution in [0.25, 0.3) is 11.2 Å². The molecule has 31 heavy (non-hydrogen) atoms. The molecular weight excluding hydrogens is 422 g/mol. The number of esters is 1. The van der Waals surface area contributed by atoms with Crippen LogP contribution in [0.15, 0.2) is 12.7 Å². The molecular formula is C21H32ClN5O4. The number of aromatic nitrogens is 4. The fraction of sp³-hybridized carbons (Fsp3) is 0.667. The quantitative estimate of drug-likeness (QED) is 0.469. The highest BCUT2D eigenvalue weighted by Gasteiger charge is 2.21. The van der Waals surface area contributed by atoms with Crippen molar-refractivity contribution in [3.63, 3.8) is 0 Å². The number of ether oxygens (including phenoxy) is 2. The fourth-order valence-electron chi connectivity index (χ4n) is 2.96. The minimum atomic E-state index is -0.598. The van der Waals surface area contributed by atoms with Crippen LogP contribution in [0.4, 0.5) is 4.79 Å². The van der Waals surface area contributed by atoms with Crippen LogP contribution >= 0.6 is 11.6 Å². The van der Waals surface area contributed by atoms with Crippen LogP contribution in [0.2, 0.25) is 5.15 Å². The number of aryl methyl sites for hydroxylation is 1. The summed E-state index contributed by atoms with van der Waals surface area (Å²) in [6, 6.07) is -0.202. The van der Waals surface area contributed by atoms with E-state index in [-0.39, 0.29) is 18.4 Å². The first-order valence-corrected chi connectivity index (χ1v) is 10.7. The van der Waals surface area contributed by atoms with Gasteiger partial charge in [-0.2, -0.15) is 0 Å². The first-order valence-electron chi connectivity index (χ1n) is 10.4.